The molecule has 1 fully saturated rings. The minimum Gasteiger partial charge on any atom is -0.496 e. The largest absolute Gasteiger partial charge is 0.496 e. The number of hydrogen-bond donors (Lipinski definition) is 1. The molecule has 1 heterocycles. The van der Waals surface area contributed by atoms with Crippen LogP contribution in [0.2, 0.25) is 0 Å². The molecule has 1 N–H and O–H groups in total. The highest BCUT2D eigenvalue weighted by Crippen LogP contribution is 2.28. The number of carboxylic acid groups (broad SMARTS) is 1. The van der Waals surface area contributed by atoms with Crippen molar-refractivity contribution in [1.82, 2.24) is 4.31 Å². The van der Waals surface area contributed by atoms with Gasteiger partial charge in [-0.15, -0.1) is 0 Å². The van der Waals surface area contributed by atoms with E-state index in [2.05, 4.69) is 0 Å². The first-order valence-electron chi connectivity index (χ1n) is 6.81. The molecule has 1 aromatic rings. The maximum Gasteiger partial charge on any atom is 0.339 e. The molecule has 0 aromatic heterocycles. The molecule has 2 rings (SSSR count). The molecule has 0 bridgehead atoms. The maximum absolute atomic E-state index is 12.6. The summed E-state index contributed by atoms with van der Waals surface area (Å²) in [4.78, 5) is 11.2. The third-order valence-corrected chi connectivity index (χ3v) is 5.73. The number of carbonyl (C=O) groups is 1. The van der Waals surface area contributed by atoms with Crippen LogP contribution in [0.15, 0.2) is 23.1 Å². The average molecular weight is 313 g/mol. The van der Waals surface area contributed by atoms with E-state index in [0.29, 0.717) is 19.0 Å². The summed E-state index contributed by atoms with van der Waals surface area (Å²) in [7, 11) is -2.30. The predicted octanol–water partition coefficient (Wildman–Crippen LogP) is 1.81. The first-order chi connectivity index (χ1) is 9.90. The summed E-state index contributed by atoms with van der Waals surface area (Å²) in [6.07, 6.45) is 1.78. The molecular weight excluding hydrogens is 294 g/mol. The van der Waals surface area contributed by atoms with Gasteiger partial charge in [-0.3, -0.25) is 0 Å². The Morgan fingerprint density at radius 1 is 1.48 bits per heavy atom. The zero-order chi connectivity index (χ0) is 15.6. The fourth-order valence-electron chi connectivity index (χ4n) is 2.51. The Bertz CT molecular complexity index is 641. The second kappa shape index (κ2) is 6.03. The Balaban J connectivity index is 2.37. The smallest absolute Gasteiger partial charge is 0.339 e. The van der Waals surface area contributed by atoms with Crippen molar-refractivity contribution in [3.05, 3.63) is 23.8 Å². The molecule has 0 saturated carbocycles. The molecule has 0 spiro atoms. The van der Waals surface area contributed by atoms with Crippen molar-refractivity contribution in [2.24, 2.45) is 5.92 Å². The van der Waals surface area contributed by atoms with Crippen molar-refractivity contribution in [3.63, 3.8) is 0 Å². The van der Waals surface area contributed by atoms with E-state index in [9.17, 15) is 13.2 Å². The van der Waals surface area contributed by atoms with Gasteiger partial charge in [0.15, 0.2) is 0 Å². The molecule has 0 amide bonds. The number of sulfonamides is 1. The lowest BCUT2D eigenvalue weighted by molar-refractivity contribution is 0.0693. The Morgan fingerprint density at radius 2 is 2.19 bits per heavy atom. The van der Waals surface area contributed by atoms with E-state index in [1.165, 1.54) is 23.5 Å². The Kier molecular flexibility index (Phi) is 4.53. The van der Waals surface area contributed by atoms with Crippen LogP contribution in [0.25, 0.3) is 0 Å². The number of carboxylic acids is 1. The minimum absolute atomic E-state index is 0.00236. The van der Waals surface area contributed by atoms with Crippen molar-refractivity contribution in [2.75, 3.05) is 20.2 Å². The number of nitrogens with zero attached hydrogens (tertiary/aromatic N) is 1. The zero-order valence-electron chi connectivity index (χ0n) is 12.1. The van der Waals surface area contributed by atoms with Gasteiger partial charge in [0.2, 0.25) is 10.0 Å². The molecule has 1 aliphatic heterocycles. The van der Waals surface area contributed by atoms with E-state index in [1.54, 1.807) is 0 Å². The van der Waals surface area contributed by atoms with Gasteiger partial charge in [0, 0.05) is 13.1 Å². The molecule has 1 aliphatic rings. The molecule has 1 saturated heterocycles. The minimum atomic E-state index is -3.65. The summed E-state index contributed by atoms with van der Waals surface area (Å²) in [5.41, 5.74) is -0.148. The lowest BCUT2D eigenvalue weighted by Crippen LogP contribution is -2.29. The summed E-state index contributed by atoms with van der Waals surface area (Å²) in [5, 5.41) is 9.14. The topological polar surface area (TPSA) is 83.9 Å². The Hall–Kier alpha value is -1.60. The van der Waals surface area contributed by atoms with Crippen LogP contribution >= 0.6 is 0 Å². The van der Waals surface area contributed by atoms with Gasteiger partial charge in [0.05, 0.1) is 12.0 Å². The van der Waals surface area contributed by atoms with Crippen LogP contribution in [-0.4, -0.2) is 44.0 Å². The van der Waals surface area contributed by atoms with Gasteiger partial charge in [-0.05, 0) is 30.5 Å². The van der Waals surface area contributed by atoms with Crippen LogP contribution in [0, 0.1) is 5.92 Å². The second-order valence-corrected chi connectivity index (χ2v) is 7.03. The van der Waals surface area contributed by atoms with Crippen LogP contribution in [0.4, 0.5) is 0 Å². The number of benzene rings is 1. The standard InChI is InChI=1S/C14H19NO5S/c1-3-10-6-7-15(9-10)21(18,19)11-4-5-13(20-2)12(8-11)14(16)17/h4-5,8,10H,3,6-7,9H2,1-2H3,(H,16,17). The Morgan fingerprint density at radius 3 is 2.71 bits per heavy atom. The van der Waals surface area contributed by atoms with Crippen molar-refractivity contribution >= 4 is 16.0 Å². The molecule has 1 aromatic carbocycles. The molecule has 0 aliphatic carbocycles. The van der Waals surface area contributed by atoms with Crippen molar-refractivity contribution in [1.29, 1.82) is 0 Å². The molecule has 6 nitrogen and oxygen atoms in total. The van der Waals surface area contributed by atoms with Crippen molar-refractivity contribution in [3.8, 4) is 5.75 Å². The summed E-state index contributed by atoms with van der Waals surface area (Å²) < 4.78 is 31.5. The first kappa shape index (κ1) is 15.8. The van der Waals surface area contributed by atoms with E-state index in [4.69, 9.17) is 9.84 Å². The van der Waals surface area contributed by atoms with Gasteiger partial charge >= 0.3 is 5.97 Å². The maximum atomic E-state index is 12.6. The summed E-state index contributed by atoms with van der Waals surface area (Å²) in [6, 6.07) is 3.93. The highest BCUT2D eigenvalue weighted by atomic mass is 32.2. The number of aromatic carboxylic acids is 1. The quantitative estimate of drug-likeness (QED) is 0.896. The van der Waals surface area contributed by atoms with Gasteiger partial charge < -0.3 is 9.84 Å². The molecule has 1 unspecified atom stereocenters. The van der Waals surface area contributed by atoms with E-state index in [-0.39, 0.29) is 16.2 Å². The average Bonchev–Trinajstić information content (AvgIpc) is 2.96. The third kappa shape index (κ3) is 3.03. The van der Waals surface area contributed by atoms with Gasteiger partial charge in [0.1, 0.15) is 11.3 Å². The van der Waals surface area contributed by atoms with Gasteiger partial charge in [-0.1, -0.05) is 13.3 Å². The van der Waals surface area contributed by atoms with Crippen molar-refractivity contribution in [2.45, 2.75) is 24.7 Å². The Labute approximate surface area is 124 Å². The molecular formula is C14H19NO5S. The van der Waals surface area contributed by atoms with E-state index in [1.807, 2.05) is 6.92 Å². The van der Waals surface area contributed by atoms with Crippen molar-refractivity contribution < 1.29 is 23.1 Å². The number of methoxy groups -OCH3 is 1. The van der Waals surface area contributed by atoms with E-state index >= 15 is 0 Å². The fraction of sp³-hybridized carbons (Fsp3) is 0.500. The normalized spacial score (nSPS) is 19.6. The molecule has 21 heavy (non-hydrogen) atoms. The number of ether oxygens (including phenoxy) is 1. The lowest BCUT2D eigenvalue weighted by atomic mass is 10.1. The van der Waals surface area contributed by atoms with Crippen LogP contribution in [0.1, 0.15) is 30.1 Å². The van der Waals surface area contributed by atoms with Crippen LogP contribution < -0.4 is 4.74 Å². The summed E-state index contributed by atoms with van der Waals surface area (Å²) in [5.74, 6) is -0.692. The molecule has 116 valence electrons. The van der Waals surface area contributed by atoms with Crippen LogP contribution in [0.3, 0.4) is 0 Å². The monoisotopic (exact) mass is 313 g/mol. The number of rotatable bonds is 5. The van der Waals surface area contributed by atoms with E-state index < -0.39 is 16.0 Å². The first-order valence-corrected chi connectivity index (χ1v) is 8.25. The lowest BCUT2D eigenvalue weighted by Gasteiger charge is -2.17. The summed E-state index contributed by atoms with van der Waals surface area (Å²) in [6.45, 7) is 3.01. The van der Waals surface area contributed by atoms with Crippen LogP contribution in [-0.2, 0) is 10.0 Å². The van der Waals surface area contributed by atoms with Gasteiger partial charge in [-0.25, -0.2) is 13.2 Å². The van der Waals surface area contributed by atoms with Crippen LogP contribution in [0.5, 0.6) is 5.75 Å². The number of hydrogen-bond acceptors (Lipinski definition) is 4. The fourth-order valence-corrected chi connectivity index (χ4v) is 4.07. The SMILES string of the molecule is CCC1CCN(S(=O)(=O)c2ccc(OC)c(C(=O)O)c2)C1. The van der Waals surface area contributed by atoms with Gasteiger partial charge in [-0.2, -0.15) is 4.31 Å². The highest BCUT2D eigenvalue weighted by molar-refractivity contribution is 7.89. The molecule has 0 radical (unpaired) electrons. The highest BCUT2D eigenvalue weighted by Gasteiger charge is 2.32. The van der Waals surface area contributed by atoms with Gasteiger partial charge in [0.25, 0.3) is 0 Å². The second-order valence-electron chi connectivity index (χ2n) is 5.09. The summed E-state index contributed by atoms with van der Waals surface area (Å²) >= 11 is 0. The van der Waals surface area contributed by atoms with E-state index in [0.717, 1.165) is 18.9 Å². The molecule has 1 atom stereocenters. The third-order valence-electron chi connectivity index (χ3n) is 3.87. The predicted molar refractivity (Wildman–Crippen MR) is 77.1 cm³/mol. The zero-order valence-corrected chi connectivity index (χ0v) is 12.9. The molecule has 7 heteroatoms.